The Morgan fingerprint density at radius 3 is 2.94 bits per heavy atom. The smallest absolute Gasteiger partial charge is 0.220 e. The molecule has 0 unspecified atom stereocenters. The number of aliphatic hydroxyl groups excluding tert-OH is 1. The highest BCUT2D eigenvalue weighted by Gasteiger charge is 2.18. The monoisotopic (exact) mass is 267 g/mol. The van der Waals surface area contributed by atoms with Gasteiger partial charge >= 0.3 is 0 Å². The second kappa shape index (κ2) is 6.90. The maximum atomic E-state index is 11.7. The van der Waals surface area contributed by atoms with E-state index < -0.39 is 6.10 Å². The van der Waals surface area contributed by atoms with Gasteiger partial charge in [-0.05, 0) is 36.6 Å². The van der Waals surface area contributed by atoms with Crippen molar-refractivity contribution < 1.29 is 9.90 Å². The molecule has 1 aromatic heterocycles. The van der Waals surface area contributed by atoms with Crippen molar-refractivity contribution in [3.05, 3.63) is 22.4 Å². The molecule has 2 rings (SSSR count). The number of aliphatic hydroxyl groups is 1. The Kier molecular flexibility index (Phi) is 5.20. The van der Waals surface area contributed by atoms with Crippen LogP contribution in [0.25, 0.3) is 0 Å². The number of thiophene rings is 1. The van der Waals surface area contributed by atoms with Crippen LogP contribution in [0.3, 0.4) is 0 Å². The predicted molar refractivity (Wildman–Crippen MR) is 73.5 cm³/mol. The highest BCUT2D eigenvalue weighted by Crippen LogP contribution is 2.27. The standard InChI is InChI=1S/C14H21NO2S/c16-12(13-6-3-9-18-13)7-8-15-14(17)10-11-4-1-2-5-11/h3,6,9,11-12,16H,1-2,4-5,7-8,10H2,(H,15,17)/t12-/m0/s1. The molecule has 1 amide bonds. The van der Waals surface area contributed by atoms with E-state index in [1.165, 1.54) is 25.7 Å². The first kappa shape index (κ1) is 13.6. The highest BCUT2D eigenvalue weighted by molar-refractivity contribution is 7.10. The van der Waals surface area contributed by atoms with Gasteiger partial charge in [0.1, 0.15) is 0 Å². The van der Waals surface area contributed by atoms with E-state index >= 15 is 0 Å². The largest absolute Gasteiger partial charge is 0.388 e. The molecule has 0 aromatic carbocycles. The topological polar surface area (TPSA) is 49.3 Å². The van der Waals surface area contributed by atoms with Crippen LogP contribution in [0.4, 0.5) is 0 Å². The average molecular weight is 267 g/mol. The van der Waals surface area contributed by atoms with Crippen molar-refractivity contribution in [3.63, 3.8) is 0 Å². The maximum absolute atomic E-state index is 11.7. The van der Waals surface area contributed by atoms with E-state index in [4.69, 9.17) is 0 Å². The minimum Gasteiger partial charge on any atom is -0.388 e. The summed E-state index contributed by atoms with van der Waals surface area (Å²) < 4.78 is 0. The lowest BCUT2D eigenvalue weighted by Crippen LogP contribution is -2.27. The summed E-state index contributed by atoms with van der Waals surface area (Å²) in [6.45, 7) is 0.560. The van der Waals surface area contributed by atoms with E-state index in [0.717, 1.165) is 4.88 Å². The lowest BCUT2D eigenvalue weighted by molar-refractivity contribution is -0.122. The first-order chi connectivity index (χ1) is 8.75. The zero-order chi connectivity index (χ0) is 12.8. The van der Waals surface area contributed by atoms with Crippen LogP contribution in [0.2, 0.25) is 0 Å². The molecule has 1 heterocycles. The molecule has 0 saturated heterocycles. The van der Waals surface area contributed by atoms with Crippen molar-refractivity contribution in [2.24, 2.45) is 5.92 Å². The van der Waals surface area contributed by atoms with E-state index in [9.17, 15) is 9.90 Å². The molecule has 100 valence electrons. The van der Waals surface area contributed by atoms with E-state index in [1.807, 2.05) is 17.5 Å². The summed E-state index contributed by atoms with van der Waals surface area (Å²) in [5.41, 5.74) is 0. The van der Waals surface area contributed by atoms with Gasteiger partial charge in [0.25, 0.3) is 0 Å². The van der Waals surface area contributed by atoms with Crippen molar-refractivity contribution >= 4 is 17.2 Å². The van der Waals surface area contributed by atoms with Crippen molar-refractivity contribution in [3.8, 4) is 0 Å². The van der Waals surface area contributed by atoms with Crippen molar-refractivity contribution in [2.45, 2.75) is 44.6 Å². The van der Waals surface area contributed by atoms with Crippen LogP contribution in [0.15, 0.2) is 17.5 Å². The minimum atomic E-state index is -0.447. The Bertz CT molecular complexity index is 358. The van der Waals surface area contributed by atoms with Gasteiger partial charge in [-0.1, -0.05) is 18.9 Å². The van der Waals surface area contributed by atoms with Crippen LogP contribution in [-0.2, 0) is 4.79 Å². The second-order valence-corrected chi connectivity index (χ2v) is 6.00. The number of nitrogens with one attached hydrogen (secondary N) is 1. The molecule has 3 nitrogen and oxygen atoms in total. The number of carbonyl (C=O) groups excluding carboxylic acids is 1. The van der Waals surface area contributed by atoms with Gasteiger partial charge in [-0.15, -0.1) is 11.3 Å². The number of carbonyl (C=O) groups is 1. The molecule has 1 saturated carbocycles. The molecule has 1 aliphatic rings. The van der Waals surface area contributed by atoms with Crippen molar-refractivity contribution in [2.75, 3.05) is 6.54 Å². The number of hydrogen-bond acceptors (Lipinski definition) is 3. The molecule has 2 N–H and O–H groups in total. The van der Waals surface area contributed by atoms with Gasteiger partial charge in [0.2, 0.25) is 5.91 Å². The quantitative estimate of drug-likeness (QED) is 0.832. The summed E-state index contributed by atoms with van der Waals surface area (Å²) in [6, 6.07) is 3.86. The number of hydrogen-bond donors (Lipinski definition) is 2. The van der Waals surface area contributed by atoms with E-state index in [-0.39, 0.29) is 5.91 Å². The Hall–Kier alpha value is -0.870. The summed E-state index contributed by atoms with van der Waals surface area (Å²) in [7, 11) is 0. The molecule has 1 aromatic rings. The average Bonchev–Trinajstić information content (AvgIpc) is 3.00. The molecular formula is C14H21NO2S. The van der Waals surface area contributed by atoms with Gasteiger partial charge in [0.05, 0.1) is 6.10 Å². The van der Waals surface area contributed by atoms with Gasteiger partial charge in [-0.25, -0.2) is 0 Å². The third-order valence-corrected chi connectivity index (χ3v) is 4.53. The second-order valence-electron chi connectivity index (χ2n) is 5.02. The molecule has 0 radical (unpaired) electrons. The number of rotatable bonds is 6. The van der Waals surface area contributed by atoms with Crippen LogP contribution >= 0.6 is 11.3 Å². The third-order valence-electron chi connectivity index (χ3n) is 3.56. The fourth-order valence-electron chi connectivity index (χ4n) is 2.52. The first-order valence-electron chi connectivity index (χ1n) is 6.74. The van der Waals surface area contributed by atoms with Gasteiger partial charge in [0.15, 0.2) is 0 Å². The Labute approximate surface area is 112 Å². The van der Waals surface area contributed by atoms with Gasteiger partial charge in [-0.2, -0.15) is 0 Å². The van der Waals surface area contributed by atoms with Crippen LogP contribution < -0.4 is 5.32 Å². The number of amides is 1. The summed E-state index contributed by atoms with van der Waals surface area (Å²) >= 11 is 1.55. The van der Waals surface area contributed by atoms with E-state index in [2.05, 4.69) is 5.32 Å². The highest BCUT2D eigenvalue weighted by atomic mass is 32.1. The Balaban J connectivity index is 1.61. The Morgan fingerprint density at radius 2 is 2.28 bits per heavy atom. The molecule has 0 bridgehead atoms. The van der Waals surface area contributed by atoms with Crippen LogP contribution in [0.5, 0.6) is 0 Å². The molecule has 4 heteroatoms. The fraction of sp³-hybridized carbons (Fsp3) is 0.643. The summed E-state index contributed by atoms with van der Waals surface area (Å²) in [4.78, 5) is 12.6. The minimum absolute atomic E-state index is 0.139. The molecule has 0 spiro atoms. The predicted octanol–water partition coefficient (Wildman–Crippen LogP) is 2.87. The van der Waals surface area contributed by atoms with Crippen molar-refractivity contribution in [1.82, 2.24) is 5.32 Å². The molecule has 1 atom stereocenters. The van der Waals surface area contributed by atoms with Gasteiger partial charge in [0, 0.05) is 17.8 Å². The lowest BCUT2D eigenvalue weighted by atomic mass is 10.0. The van der Waals surface area contributed by atoms with E-state index in [0.29, 0.717) is 25.3 Å². The van der Waals surface area contributed by atoms with Crippen LogP contribution in [-0.4, -0.2) is 17.6 Å². The summed E-state index contributed by atoms with van der Waals surface area (Å²) in [5.74, 6) is 0.729. The van der Waals surface area contributed by atoms with Crippen LogP contribution in [0.1, 0.15) is 49.5 Å². The van der Waals surface area contributed by atoms with Gasteiger partial charge < -0.3 is 10.4 Å². The fourth-order valence-corrected chi connectivity index (χ4v) is 3.27. The normalized spacial score (nSPS) is 17.8. The van der Waals surface area contributed by atoms with E-state index in [1.54, 1.807) is 11.3 Å². The van der Waals surface area contributed by atoms with Crippen LogP contribution in [0, 0.1) is 5.92 Å². The zero-order valence-electron chi connectivity index (χ0n) is 10.6. The molecule has 1 aliphatic carbocycles. The molecule has 0 aliphatic heterocycles. The Morgan fingerprint density at radius 1 is 1.50 bits per heavy atom. The molecule has 18 heavy (non-hydrogen) atoms. The van der Waals surface area contributed by atoms with Gasteiger partial charge in [-0.3, -0.25) is 4.79 Å². The molecule has 1 fully saturated rings. The van der Waals surface area contributed by atoms with Crippen molar-refractivity contribution in [1.29, 1.82) is 0 Å². The zero-order valence-corrected chi connectivity index (χ0v) is 11.4. The maximum Gasteiger partial charge on any atom is 0.220 e. The summed E-state index contributed by atoms with van der Waals surface area (Å²) in [5, 5.41) is 14.7. The summed E-state index contributed by atoms with van der Waals surface area (Å²) in [6.07, 6.45) is 5.75. The third kappa shape index (κ3) is 4.10. The lowest BCUT2D eigenvalue weighted by Gasteiger charge is -2.11. The first-order valence-corrected chi connectivity index (χ1v) is 7.62. The SMILES string of the molecule is O=C(CC1CCCC1)NCC[C@H](O)c1cccs1. The molecular weight excluding hydrogens is 246 g/mol.